The lowest BCUT2D eigenvalue weighted by atomic mass is 10.1. The predicted octanol–water partition coefficient (Wildman–Crippen LogP) is 3.27. The molecule has 33 heavy (non-hydrogen) atoms. The lowest BCUT2D eigenvalue weighted by molar-refractivity contribution is -0.114. The van der Waals surface area contributed by atoms with E-state index in [1.54, 1.807) is 25.1 Å². The summed E-state index contributed by atoms with van der Waals surface area (Å²) in [5.41, 5.74) is 3.62. The Hall–Kier alpha value is -4.20. The van der Waals surface area contributed by atoms with Crippen LogP contribution in [0, 0.1) is 27.7 Å². The first kappa shape index (κ1) is 22.0. The molecule has 0 bridgehead atoms. The molecule has 4 rings (SSSR count). The number of aromatic hydroxyl groups is 1. The Bertz CT molecular complexity index is 1490. The zero-order chi connectivity index (χ0) is 24.0. The summed E-state index contributed by atoms with van der Waals surface area (Å²) in [6.45, 7) is 9.27. The van der Waals surface area contributed by atoms with E-state index in [0.29, 0.717) is 17.1 Å². The Morgan fingerprint density at radius 3 is 2.36 bits per heavy atom. The van der Waals surface area contributed by atoms with Crippen molar-refractivity contribution in [1.29, 1.82) is 0 Å². The maximum Gasteiger partial charge on any atom is 0.335 e. The number of amides is 1. The first-order valence-electron chi connectivity index (χ1n) is 10.4. The van der Waals surface area contributed by atoms with Crippen LogP contribution in [0.25, 0.3) is 11.8 Å². The summed E-state index contributed by atoms with van der Waals surface area (Å²) in [7, 11) is 0. The van der Waals surface area contributed by atoms with Crippen LogP contribution in [0.5, 0.6) is 5.88 Å². The van der Waals surface area contributed by atoms with E-state index in [0.717, 1.165) is 26.8 Å². The van der Waals surface area contributed by atoms with Gasteiger partial charge in [0.15, 0.2) is 0 Å². The Morgan fingerprint density at radius 1 is 0.939 bits per heavy atom. The fraction of sp³-hybridized carbons (Fsp3) is 0.200. The molecular formula is C25H24N4O4. The van der Waals surface area contributed by atoms with Crippen molar-refractivity contribution in [3.05, 3.63) is 90.6 Å². The highest BCUT2D eigenvalue weighted by Crippen LogP contribution is 2.28. The number of hydrazone groups is 1. The highest BCUT2D eigenvalue weighted by Gasteiger charge is 2.30. The largest absolute Gasteiger partial charge is 0.494 e. The Balaban J connectivity index is 1.84. The zero-order valence-electron chi connectivity index (χ0n) is 19.1. The van der Waals surface area contributed by atoms with E-state index in [-0.39, 0.29) is 11.1 Å². The van der Waals surface area contributed by atoms with Crippen molar-refractivity contribution in [2.45, 2.75) is 34.6 Å². The molecule has 168 valence electrons. The highest BCUT2D eigenvalue weighted by atomic mass is 16.3. The van der Waals surface area contributed by atoms with Crippen molar-refractivity contribution < 1.29 is 9.90 Å². The van der Waals surface area contributed by atoms with Crippen LogP contribution in [0.2, 0.25) is 0 Å². The monoisotopic (exact) mass is 444 g/mol. The standard InChI is InChI=1S/C25H24N4O4/c1-13-9-10-18(11-15(13)3)29-24(32)19(17(5)27-29)12-20-22(30)26-25(33)28(23(20)31)21-8-6-7-14(2)16(21)4/h6-12,31H,1-5H3,(H,26,30,33). The molecule has 0 saturated carbocycles. The molecule has 1 aliphatic rings. The molecule has 2 aromatic carbocycles. The van der Waals surface area contributed by atoms with Crippen molar-refractivity contribution in [2.75, 3.05) is 5.01 Å². The smallest absolute Gasteiger partial charge is 0.335 e. The van der Waals surface area contributed by atoms with Gasteiger partial charge in [-0.1, -0.05) is 18.2 Å². The lowest BCUT2D eigenvalue weighted by Crippen LogP contribution is -2.31. The minimum absolute atomic E-state index is 0.153. The van der Waals surface area contributed by atoms with Gasteiger partial charge in [0.2, 0.25) is 5.88 Å². The van der Waals surface area contributed by atoms with Crippen molar-refractivity contribution in [2.24, 2.45) is 5.10 Å². The van der Waals surface area contributed by atoms with Crippen LogP contribution in [0.3, 0.4) is 0 Å². The van der Waals surface area contributed by atoms with Gasteiger partial charge in [0, 0.05) is 0 Å². The molecule has 0 spiro atoms. The van der Waals surface area contributed by atoms with Crippen LogP contribution in [0.1, 0.15) is 34.7 Å². The molecule has 0 saturated heterocycles. The van der Waals surface area contributed by atoms with Crippen molar-refractivity contribution in [3.63, 3.8) is 0 Å². The van der Waals surface area contributed by atoms with E-state index in [1.165, 1.54) is 11.1 Å². The van der Waals surface area contributed by atoms with Gasteiger partial charge < -0.3 is 5.11 Å². The predicted molar refractivity (Wildman–Crippen MR) is 128 cm³/mol. The summed E-state index contributed by atoms with van der Waals surface area (Å²) in [4.78, 5) is 40.5. The normalized spacial score (nSPS) is 14.8. The van der Waals surface area contributed by atoms with Gasteiger partial charge in [-0.25, -0.2) is 9.36 Å². The number of benzene rings is 2. The number of aromatic amines is 1. The second-order valence-corrected chi connectivity index (χ2v) is 8.18. The van der Waals surface area contributed by atoms with Gasteiger partial charge >= 0.3 is 5.69 Å². The number of rotatable bonds is 3. The van der Waals surface area contributed by atoms with Gasteiger partial charge in [0.1, 0.15) is 5.56 Å². The Kier molecular flexibility index (Phi) is 5.37. The minimum Gasteiger partial charge on any atom is -0.494 e. The third kappa shape index (κ3) is 3.69. The third-order valence-electron chi connectivity index (χ3n) is 6.02. The number of carbonyl (C=O) groups is 1. The SMILES string of the molecule is CC1=NN(c2ccc(C)c(C)c2)C(=O)C1=Cc1c(O)n(-c2cccc(C)c2C)c(=O)[nH]c1=O. The molecule has 0 aliphatic carbocycles. The molecule has 8 nitrogen and oxygen atoms in total. The lowest BCUT2D eigenvalue weighted by Gasteiger charge is -2.14. The number of aromatic nitrogens is 2. The van der Waals surface area contributed by atoms with E-state index >= 15 is 0 Å². The van der Waals surface area contributed by atoms with E-state index in [1.807, 2.05) is 45.9 Å². The maximum absolute atomic E-state index is 13.1. The minimum atomic E-state index is -0.795. The summed E-state index contributed by atoms with van der Waals surface area (Å²) < 4.78 is 1.03. The second kappa shape index (κ2) is 8.05. The first-order valence-corrected chi connectivity index (χ1v) is 10.4. The molecule has 2 N–H and O–H groups in total. The van der Waals surface area contributed by atoms with Gasteiger partial charge in [-0.3, -0.25) is 14.6 Å². The molecule has 0 radical (unpaired) electrons. The maximum atomic E-state index is 13.1. The fourth-order valence-corrected chi connectivity index (χ4v) is 3.73. The topological polar surface area (TPSA) is 108 Å². The van der Waals surface area contributed by atoms with Gasteiger partial charge in [0.25, 0.3) is 11.5 Å². The average molecular weight is 444 g/mol. The van der Waals surface area contributed by atoms with Crippen LogP contribution in [-0.2, 0) is 4.79 Å². The van der Waals surface area contributed by atoms with E-state index in [4.69, 9.17) is 0 Å². The number of carbonyl (C=O) groups excluding carboxylic acids is 1. The summed E-state index contributed by atoms with van der Waals surface area (Å²) in [6.07, 6.45) is 1.28. The van der Waals surface area contributed by atoms with E-state index in [9.17, 15) is 19.5 Å². The van der Waals surface area contributed by atoms with Crippen LogP contribution >= 0.6 is 0 Å². The molecule has 1 aliphatic heterocycles. The molecule has 0 fully saturated rings. The number of nitrogens with one attached hydrogen (secondary N) is 1. The molecular weight excluding hydrogens is 420 g/mol. The van der Waals surface area contributed by atoms with Gasteiger partial charge in [-0.15, -0.1) is 0 Å². The molecule has 3 aromatic rings. The summed E-state index contributed by atoms with van der Waals surface area (Å²) >= 11 is 0. The zero-order valence-corrected chi connectivity index (χ0v) is 19.1. The molecule has 1 aromatic heterocycles. The molecule has 0 atom stereocenters. The van der Waals surface area contributed by atoms with E-state index < -0.39 is 23.0 Å². The van der Waals surface area contributed by atoms with Crippen molar-refractivity contribution in [3.8, 4) is 11.6 Å². The number of hydrogen-bond donors (Lipinski definition) is 2. The van der Waals surface area contributed by atoms with Crippen molar-refractivity contribution >= 4 is 23.4 Å². The number of nitrogens with zero attached hydrogens (tertiary/aromatic N) is 3. The fourth-order valence-electron chi connectivity index (χ4n) is 3.73. The quantitative estimate of drug-likeness (QED) is 0.605. The number of anilines is 1. The number of aryl methyl sites for hydroxylation is 3. The Labute approximate surface area is 190 Å². The van der Waals surface area contributed by atoms with Gasteiger partial charge in [0.05, 0.1) is 22.7 Å². The Morgan fingerprint density at radius 2 is 1.67 bits per heavy atom. The van der Waals surface area contributed by atoms with Gasteiger partial charge in [-0.2, -0.15) is 10.1 Å². The van der Waals surface area contributed by atoms with E-state index in [2.05, 4.69) is 10.1 Å². The van der Waals surface area contributed by atoms with Crippen LogP contribution in [0.4, 0.5) is 5.69 Å². The summed E-state index contributed by atoms with van der Waals surface area (Å²) in [5, 5.41) is 16.5. The second-order valence-electron chi connectivity index (χ2n) is 8.18. The molecule has 0 unspecified atom stereocenters. The van der Waals surface area contributed by atoms with Crippen molar-refractivity contribution in [1.82, 2.24) is 9.55 Å². The third-order valence-corrected chi connectivity index (χ3v) is 6.02. The number of hydrogen-bond acceptors (Lipinski definition) is 5. The molecule has 8 heteroatoms. The van der Waals surface area contributed by atoms with Crippen LogP contribution < -0.4 is 16.3 Å². The first-order chi connectivity index (χ1) is 15.6. The average Bonchev–Trinajstić information content (AvgIpc) is 3.03. The van der Waals surface area contributed by atoms with Gasteiger partial charge in [-0.05, 0) is 81.1 Å². The highest BCUT2D eigenvalue weighted by molar-refractivity contribution is 6.32. The molecule has 1 amide bonds. The van der Waals surface area contributed by atoms with Crippen LogP contribution in [0.15, 0.2) is 56.7 Å². The number of H-pyrrole nitrogens is 1. The summed E-state index contributed by atoms with van der Waals surface area (Å²) in [6, 6.07) is 10.9. The summed E-state index contributed by atoms with van der Waals surface area (Å²) in [5.74, 6) is -0.978. The molecule has 2 heterocycles. The van der Waals surface area contributed by atoms with Crippen LogP contribution in [-0.4, -0.2) is 26.3 Å².